The van der Waals surface area contributed by atoms with Crippen LogP contribution in [0.4, 0.5) is 0 Å². The molecule has 0 aromatic rings. The van der Waals surface area contributed by atoms with Crippen LogP contribution in [0.3, 0.4) is 0 Å². The highest BCUT2D eigenvalue weighted by Crippen LogP contribution is 2.04. The summed E-state index contributed by atoms with van der Waals surface area (Å²) in [6.07, 6.45) is -2.31. The maximum Gasteiger partial charge on any atom is 0.319 e. The van der Waals surface area contributed by atoms with Crippen LogP contribution in [0.5, 0.6) is 0 Å². The van der Waals surface area contributed by atoms with Crippen LogP contribution in [-0.4, -0.2) is 180 Å². The second kappa shape index (κ2) is 33.0. The molecule has 0 saturated heterocycles. The first-order valence-corrected chi connectivity index (χ1v) is 15.7. The van der Waals surface area contributed by atoms with E-state index in [4.69, 9.17) is 85.5 Å². The van der Waals surface area contributed by atoms with Crippen molar-refractivity contribution in [2.24, 2.45) is 28.7 Å². The van der Waals surface area contributed by atoms with E-state index in [1.165, 1.54) is 0 Å². The van der Waals surface area contributed by atoms with Gasteiger partial charge in [0.15, 0.2) is 6.29 Å². The summed E-state index contributed by atoms with van der Waals surface area (Å²) in [6, 6.07) is 0. The van der Waals surface area contributed by atoms with Crippen LogP contribution in [-0.2, 0) is 80.8 Å². The van der Waals surface area contributed by atoms with Gasteiger partial charge in [0.05, 0.1) is 98.8 Å². The lowest BCUT2D eigenvalue weighted by Gasteiger charge is -2.23. The Bertz CT molecular complexity index is 896. The molecular weight excluding hydrogens is 678 g/mol. The van der Waals surface area contributed by atoms with Gasteiger partial charge in [-0.2, -0.15) is 0 Å². The number of hydrogen-bond acceptors (Lipinski definition) is 22. The van der Waals surface area contributed by atoms with Crippen molar-refractivity contribution < 1.29 is 80.8 Å². The van der Waals surface area contributed by atoms with E-state index in [9.17, 15) is 24.0 Å². The van der Waals surface area contributed by atoms with E-state index in [1.54, 1.807) is 0 Å². The Morgan fingerprint density at radius 3 is 0.960 bits per heavy atom. The predicted molar refractivity (Wildman–Crippen MR) is 168 cm³/mol. The quantitative estimate of drug-likeness (QED) is 0.0178. The van der Waals surface area contributed by atoms with Crippen molar-refractivity contribution in [3.8, 4) is 0 Å². The van der Waals surface area contributed by atoms with Crippen LogP contribution in [0, 0.1) is 0 Å². The van der Waals surface area contributed by atoms with Gasteiger partial charge in [0.25, 0.3) is 0 Å². The Hall–Kier alpha value is -3.13. The minimum absolute atomic E-state index is 0.00662. The molecule has 10 N–H and O–H groups in total. The van der Waals surface area contributed by atoms with E-state index in [1.807, 2.05) is 0 Å². The highest BCUT2D eigenvalue weighted by molar-refractivity contribution is 5.72. The summed E-state index contributed by atoms with van der Waals surface area (Å²) in [5.74, 6) is -3.02. The van der Waals surface area contributed by atoms with Gasteiger partial charge in [0.2, 0.25) is 0 Å². The second-order valence-electron chi connectivity index (χ2n) is 9.43. The van der Waals surface area contributed by atoms with Gasteiger partial charge >= 0.3 is 29.8 Å². The molecule has 0 spiro atoms. The fourth-order valence-electron chi connectivity index (χ4n) is 3.19. The number of nitrogens with two attached hydrogens (primary N) is 5. The predicted octanol–water partition coefficient (Wildman–Crippen LogP) is -5.32. The molecular formula is C28H53N5O17. The molecule has 0 aliphatic heterocycles. The average Bonchev–Trinajstić information content (AvgIpc) is 3.13. The number of hydrogen-bond donors (Lipinski definition) is 5. The van der Waals surface area contributed by atoms with E-state index in [0.717, 1.165) is 0 Å². The fraction of sp³-hybridized carbons (Fsp3) is 0.821. The number of carbonyl (C=O) groups is 5. The molecule has 292 valence electrons. The maximum absolute atomic E-state index is 11.4. The molecule has 0 fully saturated rings. The molecule has 0 heterocycles. The Morgan fingerprint density at radius 1 is 0.340 bits per heavy atom. The second-order valence-corrected chi connectivity index (χ2v) is 9.43. The van der Waals surface area contributed by atoms with Gasteiger partial charge < -0.3 is 85.5 Å². The molecule has 50 heavy (non-hydrogen) atoms. The maximum atomic E-state index is 11.4. The van der Waals surface area contributed by atoms with E-state index in [-0.39, 0.29) is 132 Å². The number of ether oxygens (including phenoxy) is 12. The molecule has 0 aliphatic rings. The van der Waals surface area contributed by atoms with Gasteiger partial charge in [-0.15, -0.1) is 0 Å². The molecule has 22 nitrogen and oxygen atoms in total. The molecule has 0 aliphatic carbocycles. The molecule has 0 aromatic heterocycles. The van der Waals surface area contributed by atoms with Crippen molar-refractivity contribution in [1.29, 1.82) is 0 Å². The first-order valence-electron chi connectivity index (χ1n) is 15.7. The van der Waals surface area contributed by atoms with Crippen molar-refractivity contribution in [3.63, 3.8) is 0 Å². The molecule has 2 unspecified atom stereocenters. The third kappa shape index (κ3) is 28.7. The Morgan fingerprint density at radius 2 is 0.620 bits per heavy atom. The van der Waals surface area contributed by atoms with Crippen LogP contribution in [0.25, 0.3) is 0 Å². The fourth-order valence-corrected chi connectivity index (χ4v) is 3.19. The molecule has 22 heteroatoms. The molecule has 0 rings (SSSR count). The summed E-state index contributed by atoms with van der Waals surface area (Å²) in [7, 11) is 0. The monoisotopic (exact) mass is 731 g/mol. The van der Waals surface area contributed by atoms with Gasteiger partial charge in [-0.1, -0.05) is 0 Å². The smallest absolute Gasteiger partial charge is 0.319 e. The highest BCUT2D eigenvalue weighted by atomic mass is 16.7. The van der Waals surface area contributed by atoms with Crippen molar-refractivity contribution >= 4 is 29.8 Å². The van der Waals surface area contributed by atoms with Gasteiger partial charge in [-0.3, -0.25) is 24.0 Å². The summed E-state index contributed by atoms with van der Waals surface area (Å²) < 4.78 is 64.1. The third-order valence-corrected chi connectivity index (χ3v) is 5.49. The Balaban J connectivity index is 5.17. The summed E-state index contributed by atoms with van der Waals surface area (Å²) in [5.41, 5.74) is 26.1. The lowest BCUT2D eigenvalue weighted by atomic mass is 10.3. The lowest BCUT2D eigenvalue weighted by Crippen LogP contribution is -2.34. The molecule has 0 bridgehead atoms. The first kappa shape index (κ1) is 46.9. The van der Waals surface area contributed by atoms with Gasteiger partial charge in [-0.05, 0) is 0 Å². The van der Waals surface area contributed by atoms with E-state index < -0.39 is 48.3 Å². The van der Waals surface area contributed by atoms with Gasteiger partial charge in [-0.25, -0.2) is 0 Å². The highest BCUT2D eigenvalue weighted by Gasteiger charge is 2.18. The third-order valence-electron chi connectivity index (χ3n) is 5.49. The molecule has 0 amide bonds. The zero-order valence-corrected chi connectivity index (χ0v) is 28.2. The minimum Gasteiger partial charge on any atom is -0.462 e. The minimum atomic E-state index is -0.970. The van der Waals surface area contributed by atoms with Crippen molar-refractivity contribution in [2.75, 3.05) is 132 Å². The van der Waals surface area contributed by atoms with Crippen LogP contribution < -0.4 is 28.7 Å². The van der Waals surface area contributed by atoms with E-state index >= 15 is 0 Å². The molecule has 0 radical (unpaired) electrons. The molecule has 0 saturated carbocycles. The lowest BCUT2D eigenvalue weighted by molar-refractivity contribution is -0.192. The molecule has 0 aromatic carbocycles. The van der Waals surface area contributed by atoms with Crippen molar-refractivity contribution in [2.45, 2.75) is 18.5 Å². The van der Waals surface area contributed by atoms with Gasteiger partial charge in [0.1, 0.15) is 45.2 Å². The first-order chi connectivity index (χ1) is 24.2. The number of esters is 5. The van der Waals surface area contributed by atoms with E-state index in [2.05, 4.69) is 0 Å². The average molecular weight is 732 g/mol. The Kier molecular flexibility index (Phi) is 31.0. The topological polar surface area (TPSA) is 326 Å². The number of rotatable bonds is 34. The zero-order valence-electron chi connectivity index (χ0n) is 28.2. The van der Waals surface area contributed by atoms with Crippen molar-refractivity contribution in [1.82, 2.24) is 0 Å². The SMILES string of the molecule is NCC(=O)OCCOCC(COCC(COCC(OCCOC(=O)CN)OCCOC(=O)CN)OCCOC(=O)CN)OCCOC(=O)CN. The van der Waals surface area contributed by atoms with Crippen molar-refractivity contribution in [3.05, 3.63) is 0 Å². The summed E-state index contributed by atoms with van der Waals surface area (Å²) >= 11 is 0. The van der Waals surface area contributed by atoms with Crippen LogP contribution >= 0.6 is 0 Å². The summed E-state index contributed by atoms with van der Waals surface area (Å²) in [6.45, 7) is -2.02. The Labute approximate surface area is 289 Å². The molecule has 2 atom stereocenters. The summed E-state index contributed by atoms with van der Waals surface area (Å²) in [4.78, 5) is 56.4. The van der Waals surface area contributed by atoms with Crippen LogP contribution in [0.15, 0.2) is 0 Å². The summed E-state index contributed by atoms with van der Waals surface area (Å²) in [5, 5.41) is 0. The standard InChI is InChI=1S/C28H53N5O17/c29-11-23(34)44-2-1-39-16-21(42-3-5-45-24(35)12-30)17-40-18-22(43-4-6-46-25(36)13-31)19-41-20-28(49-9-7-47-26(37)14-32)50-10-8-48-27(38)15-33/h21-22,28H,1-20,29-33H2. The normalized spacial score (nSPS) is 12.3. The van der Waals surface area contributed by atoms with Crippen LogP contribution in [0.2, 0.25) is 0 Å². The largest absolute Gasteiger partial charge is 0.462 e. The zero-order chi connectivity index (χ0) is 37.2. The van der Waals surface area contributed by atoms with Crippen LogP contribution in [0.1, 0.15) is 0 Å². The number of carbonyl (C=O) groups excluding carboxylic acids is 5. The van der Waals surface area contributed by atoms with E-state index in [0.29, 0.717) is 0 Å². The van der Waals surface area contributed by atoms with Gasteiger partial charge in [0, 0.05) is 0 Å².